The van der Waals surface area contributed by atoms with E-state index in [1.165, 1.54) is 0 Å². The van der Waals surface area contributed by atoms with Crippen molar-refractivity contribution < 1.29 is 9.84 Å². The Kier molecular flexibility index (Phi) is 4.46. The van der Waals surface area contributed by atoms with Gasteiger partial charge in [0, 0.05) is 6.54 Å². The largest absolute Gasteiger partial charge is 0.486 e. The summed E-state index contributed by atoms with van der Waals surface area (Å²) in [6.07, 6.45) is 0.462. The molecule has 1 atom stereocenters. The Morgan fingerprint density at radius 3 is 3.00 bits per heavy atom. The molecule has 0 saturated carbocycles. The van der Waals surface area contributed by atoms with Crippen LogP contribution in [0.5, 0.6) is 5.75 Å². The monoisotopic (exact) mass is 262 g/mol. The number of nitrogens with zero attached hydrogens (tertiary/aromatic N) is 4. The predicted molar refractivity (Wildman–Crippen MR) is 69.5 cm³/mol. The van der Waals surface area contributed by atoms with Gasteiger partial charge in [-0.05, 0) is 41.5 Å². The van der Waals surface area contributed by atoms with Crippen LogP contribution in [0, 0.1) is 0 Å². The molecule has 102 valence electrons. The van der Waals surface area contributed by atoms with Crippen molar-refractivity contribution in [2.45, 2.75) is 39.5 Å². The summed E-state index contributed by atoms with van der Waals surface area (Å²) >= 11 is 0. The molecule has 6 nitrogen and oxygen atoms in total. The maximum absolute atomic E-state index is 9.52. The number of benzene rings is 1. The second-order valence-electron chi connectivity index (χ2n) is 4.36. The van der Waals surface area contributed by atoms with Gasteiger partial charge in [0.25, 0.3) is 0 Å². The molecule has 0 spiro atoms. The van der Waals surface area contributed by atoms with E-state index in [2.05, 4.69) is 22.4 Å². The minimum Gasteiger partial charge on any atom is -0.486 e. The number of aliphatic hydroxyl groups is 1. The maximum atomic E-state index is 9.52. The van der Waals surface area contributed by atoms with Crippen molar-refractivity contribution in [3.8, 4) is 5.75 Å². The van der Waals surface area contributed by atoms with Gasteiger partial charge in [-0.25, -0.2) is 4.68 Å². The highest BCUT2D eigenvalue weighted by Gasteiger charge is 2.07. The van der Waals surface area contributed by atoms with Gasteiger partial charge in [-0.1, -0.05) is 19.1 Å². The number of rotatable bonds is 6. The van der Waals surface area contributed by atoms with Crippen LogP contribution in [0.1, 0.15) is 37.8 Å². The molecule has 0 aliphatic rings. The Labute approximate surface area is 112 Å². The third-order valence-corrected chi connectivity index (χ3v) is 2.75. The molecule has 1 N–H and O–H groups in total. The van der Waals surface area contributed by atoms with E-state index in [-0.39, 0.29) is 0 Å². The summed E-state index contributed by atoms with van der Waals surface area (Å²) in [6, 6.07) is 7.38. The highest BCUT2D eigenvalue weighted by Crippen LogP contribution is 2.19. The molecule has 1 aromatic carbocycles. The lowest BCUT2D eigenvalue weighted by atomic mass is 10.1. The lowest BCUT2D eigenvalue weighted by Crippen LogP contribution is -2.08. The van der Waals surface area contributed by atoms with E-state index in [9.17, 15) is 5.11 Å². The van der Waals surface area contributed by atoms with Gasteiger partial charge in [-0.2, -0.15) is 0 Å². The second-order valence-corrected chi connectivity index (χ2v) is 4.36. The summed E-state index contributed by atoms with van der Waals surface area (Å²) in [4.78, 5) is 0. The van der Waals surface area contributed by atoms with Crippen molar-refractivity contribution in [2.75, 3.05) is 0 Å². The summed E-state index contributed by atoms with van der Waals surface area (Å²) in [6.45, 7) is 4.88. The smallest absolute Gasteiger partial charge is 0.189 e. The summed E-state index contributed by atoms with van der Waals surface area (Å²) in [5, 5.41) is 21.0. The first-order chi connectivity index (χ1) is 9.20. The fraction of sp³-hybridized carbons (Fsp3) is 0.462. The van der Waals surface area contributed by atoms with Crippen LogP contribution in [0.25, 0.3) is 0 Å². The zero-order valence-corrected chi connectivity index (χ0v) is 11.2. The number of hydrogen-bond acceptors (Lipinski definition) is 5. The Morgan fingerprint density at radius 2 is 2.26 bits per heavy atom. The summed E-state index contributed by atoms with van der Waals surface area (Å²) < 4.78 is 7.39. The lowest BCUT2D eigenvalue weighted by molar-refractivity contribution is 0.198. The van der Waals surface area contributed by atoms with E-state index in [0.29, 0.717) is 18.2 Å². The van der Waals surface area contributed by atoms with Crippen LogP contribution in [0.3, 0.4) is 0 Å². The van der Waals surface area contributed by atoms with Gasteiger partial charge in [0.2, 0.25) is 0 Å². The zero-order valence-electron chi connectivity index (χ0n) is 11.2. The number of aromatic nitrogens is 4. The molecule has 1 unspecified atom stereocenters. The van der Waals surface area contributed by atoms with Crippen LogP contribution in [0.4, 0.5) is 0 Å². The van der Waals surface area contributed by atoms with E-state index in [0.717, 1.165) is 18.5 Å². The zero-order chi connectivity index (χ0) is 13.7. The molecule has 2 aromatic rings. The molecule has 0 saturated heterocycles. The topological polar surface area (TPSA) is 73.1 Å². The summed E-state index contributed by atoms with van der Waals surface area (Å²) in [5.41, 5.74) is 0.825. The Bertz CT molecular complexity index is 525. The molecule has 19 heavy (non-hydrogen) atoms. The fourth-order valence-electron chi connectivity index (χ4n) is 1.72. The number of aliphatic hydroxyl groups excluding tert-OH is 1. The standard InChI is InChI=1S/C13H18N4O2/c1-3-7-17-13(14-15-16-17)9-19-12-6-4-5-11(8-12)10(2)18/h4-6,8,10,18H,3,7,9H2,1-2H3. The summed E-state index contributed by atoms with van der Waals surface area (Å²) in [7, 11) is 0. The van der Waals surface area contributed by atoms with E-state index >= 15 is 0 Å². The molecular formula is C13H18N4O2. The van der Waals surface area contributed by atoms with Crippen molar-refractivity contribution in [3.05, 3.63) is 35.7 Å². The van der Waals surface area contributed by atoms with E-state index < -0.39 is 6.10 Å². The highest BCUT2D eigenvalue weighted by atomic mass is 16.5. The van der Waals surface area contributed by atoms with Crippen molar-refractivity contribution in [2.24, 2.45) is 0 Å². The van der Waals surface area contributed by atoms with Gasteiger partial charge in [0.1, 0.15) is 12.4 Å². The van der Waals surface area contributed by atoms with Crippen molar-refractivity contribution in [1.82, 2.24) is 20.2 Å². The number of tetrazole rings is 1. The summed E-state index contributed by atoms with van der Waals surface area (Å²) in [5.74, 6) is 1.40. The second kappa shape index (κ2) is 6.29. The van der Waals surface area contributed by atoms with Crippen LogP contribution >= 0.6 is 0 Å². The minimum absolute atomic E-state index is 0.316. The number of ether oxygens (including phenoxy) is 1. The predicted octanol–water partition coefficient (Wildman–Crippen LogP) is 1.72. The van der Waals surface area contributed by atoms with Crippen LogP contribution < -0.4 is 4.74 Å². The molecule has 2 rings (SSSR count). The van der Waals surface area contributed by atoms with Gasteiger partial charge < -0.3 is 9.84 Å². The van der Waals surface area contributed by atoms with Gasteiger partial charge >= 0.3 is 0 Å². The first-order valence-corrected chi connectivity index (χ1v) is 6.36. The SMILES string of the molecule is CCCn1nnnc1COc1cccc(C(C)O)c1. The molecular weight excluding hydrogens is 244 g/mol. The molecule has 1 aromatic heterocycles. The third kappa shape index (κ3) is 3.51. The Hall–Kier alpha value is -1.95. The van der Waals surface area contributed by atoms with Gasteiger partial charge in [-0.15, -0.1) is 5.10 Å². The highest BCUT2D eigenvalue weighted by molar-refractivity contribution is 5.29. The average molecular weight is 262 g/mol. The molecule has 0 bridgehead atoms. The van der Waals surface area contributed by atoms with E-state index in [1.54, 1.807) is 11.6 Å². The first kappa shape index (κ1) is 13.5. The molecule has 1 heterocycles. The van der Waals surface area contributed by atoms with Crippen molar-refractivity contribution in [3.63, 3.8) is 0 Å². The molecule has 0 aliphatic heterocycles. The normalized spacial score (nSPS) is 12.4. The van der Waals surface area contributed by atoms with Crippen LogP contribution in [0.2, 0.25) is 0 Å². The fourth-order valence-corrected chi connectivity index (χ4v) is 1.72. The van der Waals surface area contributed by atoms with Crippen LogP contribution in [-0.4, -0.2) is 25.3 Å². The lowest BCUT2D eigenvalue weighted by Gasteiger charge is -2.09. The van der Waals surface area contributed by atoms with Gasteiger partial charge in [0.15, 0.2) is 5.82 Å². The van der Waals surface area contributed by atoms with Gasteiger partial charge in [0.05, 0.1) is 6.10 Å². The van der Waals surface area contributed by atoms with E-state index in [4.69, 9.17) is 4.74 Å². The minimum atomic E-state index is -0.506. The quantitative estimate of drug-likeness (QED) is 0.858. The molecule has 6 heteroatoms. The Morgan fingerprint density at radius 1 is 1.42 bits per heavy atom. The van der Waals surface area contributed by atoms with Crippen LogP contribution in [0.15, 0.2) is 24.3 Å². The van der Waals surface area contributed by atoms with Crippen molar-refractivity contribution >= 4 is 0 Å². The van der Waals surface area contributed by atoms with Crippen LogP contribution in [-0.2, 0) is 13.2 Å². The first-order valence-electron chi connectivity index (χ1n) is 6.36. The molecule has 0 fully saturated rings. The Balaban J connectivity index is 2.02. The van der Waals surface area contributed by atoms with Crippen molar-refractivity contribution in [1.29, 1.82) is 0 Å². The average Bonchev–Trinajstić information content (AvgIpc) is 2.85. The maximum Gasteiger partial charge on any atom is 0.189 e. The molecule has 0 amide bonds. The number of hydrogen-bond donors (Lipinski definition) is 1. The van der Waals surface area contributed by atoms with Gasteiger partial charge in [-0.3, -0.25) is 0 Å². The molecule has 0 aliphatic carbocycles. The number of aryl methyl sites for hydroxylation is 1. The molecule has 0 radical (unpaired) electrons. The third-order valence-electron chi connectivity index (χ3n) is 2.75. The van der Waals surface area contributed by atoms with E-state index in [1.807, 2.05) is 24.3 Å².